The lowest BCUT2D eigenvalue weighted by molar-refractivity contribution is -0.119. The van der Waals surface area contributed by atoms with Crippen LogP contribution < -0.4 is 19.2 Å². The fourth-order valence-electron chi connectivity index (χ4n) is 2.52. The predicted octanol–water partition coefficient (Wildman–Crippen LogP) is 3.22. The second kappa shape index (κ2) is 11.4. The average Bonchev–Trinajstić information content (AvgIpc) is 2.71. The number of halogens is 1. The van der Waals surface area contributed by atoms with E-state index in [0.29, 0.717) is 30.3 Å². The lowest BCUT2D eigenvalue weighted by atomic mass is 10.2. The molecule has 0 atom stereocenters. The molecule has 0 spiro atoms. The number of ether oxygens (including phenoxy) is 2. The van der Waals surface area contributed by atoms with E-state index in [2.05, 4.69) is 17.1 Å². The van der Waals surface area contributed by atoms with Crippen LogP contribution in [0.25, 0.3) is 0 Å². The summed E-state index contributed by atoms with van der Waals surface area (Å²) in [6.45, 7) is 5.78. The molecule has 31 heavy (non-hydrogen) atoms. The fourth-order valence-corrected chi connectivity index (χ4v) is 3.68. The number of nitrogens with zero attached hydrogens (tertiary/aromatic N) is 2. The third-order valence-electron chi connectivity index (χ3n) is 3.84. The van der Waals surface area contributed by atoms with Crippen molar-refractivity contribution < 1.29 is 22.7 Å². The van der Waals surface area contributed by atoms with Crippen LogP contribution in [0.5, 0.6) is 11.5 Å². The van der Waals surface area contributed by atoms with Gasteiger partial charge in [-0.25, -0.2) is 13.8 Å². The molecule has 0 bridgehead atoms. The van der Waals surface area contributed by atoms with E-state index in [4.69, 9.17) is 21.1 Å². The van der Waals surface area contributed by atoms with Crippen molar-refractivity contribution in [2.45, 2.75) is 6.92 Å². The van der Waals surface area contributed by atoms with Gasteiger partial charge in [-0.15, -0.1) is 0 Å². The highest BCUT2D eigenvalue weighted by Gasteiger charge is 2.22. The minimum Gasteiger partial charge on any atom is -0.490 e. The zero-order valence-corrected chi connectivity index (χ0v) is 18.8. The Bertz CT molecular complexity index is 1060. The minimum absolute atomic E-state index is 0.210. The Labute approximate surface area is 187 Å². The number of sulfonamides is 1. The first kappa shape index (κ1) is 24.2. The van der Waals surface area contributed by atoms with Gasteiger partial charge in [0, 0.05) is 0 Å². The summed E-state index contributed by atoms with van der Waals surface area (Å²) in [5.41, 5.74) is 3.18. The second-order valence-electron chi connectivity index (χ2n) is 6.25. The van der Waals surface area contributed by atoms with Gasteiger partial charge < -0.3 is 9.47 Å². The molecular weight excluding hydrogens is 442 g/mol. The Kier molecular flexibility index (Phi) is 8.89. The van der Waals surface area contributed by atoms with Crippen molar-refractivity contribution in [3.05, 3.63) is 65.7 Å². The number of carbonyl (C=O) groups excluding carboxylic acids is 1. The number of hydrazone groups is 1. The summed E-state index contributed by atoms with van der Waals surface area (Å²) in [6.07, 6.45) is 4.04. The number of hydrogen-bond acceptors (Lipinski definition) is 6. The van der Waals surface area contributed by atoms with Gasteiger partial charge in [-0.3, -0.25) is 9.10 Å². The van der Waals surface area contributed by atoms with Crippen molar-refractivity contribution in [1.29, 1.82) is 0 Å². The fraction of sp³-hybridized carbons (Fsp3) is 0.238. The van der Waals surface area contributed by atoms with Gasteiger partial charge in [0.15, 0.2) is 11.5 Å². The van der Waals surface area contributed by atoms with E-state index in [-0.39, 0.29) is 10.7 Å². The zero-order chi connectivity index (χ0) is 22.9. The molecule has 0 heterocycles. The largest absolute Gasteiger partial charge is 0.490 e. The van der Waals surface area contributed by atoms with E-state index < -0.39 is 22.5 Å². The molecule has 0 saturated carbocycles. The molecule has 0 aromatic heterocycles. The van der Waals surface area contributed by atoms with Gasteiger partial charge >= 0.3 is 0 Å². The Morgan fingerprint density at radius 2 is 1.97 bits per heavy atom. The number of benzene rings is 2. The molecule has 10 heteroatoms. The number of anilines is 1. The topological polar surface area (TPSA) is 97.3 Å². The number of carbonyl (C=O) groups is 1. The first-order chi connectivity index (χ1) is 14.8. The third kappa shape index (κ3) is 7.30. The van der Waals surface area contributed by atoms with Gasteiger partial charge in [0.05, 0.1) is 29.8 Å². The van der Waals surface area contributed by atoms with Crippen molar-refractivity contribution in [2.24, 2.45) is 5.10 Å². The van der Waals surface area contributed by atoms with E-state index in [1.165, 1.54) is 12.3 Å². The molecule has 166 valence electrons. The van der Waals surface area contributed by atoms with Crippen LogP contribution in [0.1, 0.15) is 12.5 Å². The zero-order valence-electron chi connectivity index (χ0n) is 17.2. The Morgan fingerprint density at radius 3 is 2.61 bits per heavy atom. The predicted molar refractivity (Wildman–Crippen MR) is 123 cm³/mol. The maximum atomic E-state index is 12.3. The highest BCUT2D eigenvalue weighted by molar-refractivity contribution is 7.92. The smallest absolute Gasteiger partial charge is 0.260 e. The van der Waals surface area contributed by atoms with Crippen LogP contribution >= 0.6 is 11.6 Å². The third-order valence-corrected chi connectivity index (χ3v) is 5.28. The van der Waals surface area contributed by atoms with Gasteiger partial charge in [0.1, 0.15) is 13.2 Å². The summed E-state index contributed by atoms with van der Waals surface area (Å²) in [7, 11) is -3.74. The van der Waals surface area contributed by atoms with Crippen LogP contribution in [0.2, 0.25) is 5.02 Å². The summed E-state index contributed by atoms with van der Waals surface area (Å²) in [4.78, 5) is 12.3. The second-order valence-corrected chi connectivity index (χ2v) is 8.57. The highest BCUT2D eigenvalue weighted by Crippen LogP contribution is 2.28. The molecule has 0 aliphatic rings. The summed E-state index contributed by atoms with van der Waals surface area (Å²) in [5, 5.41) is 4.11. The first-order valence-corrected chi connectivity index (χ1v) is 11.5. The van der Waals surface area contributed by atoms with E-state index in [1.807, 2.05) is 6.92 Å². The van der Waals surface area contributed by atoms with Crippen LogP contribution in [-0.2, 0) is 14.8 Å². The van der Waals surface area contributed by atoms with E-state index in [9.17, 15) is 13.2 Å². The molecule has 8 nitrogen and oxygen atoms in total. The molecule has 2 aromatic rings. The molecular formula is C21H24ClN3O5S. The minimum atomic E-state index is -3.74. The molecule has 2 aromatic carbocycles. The van der Waals surface area contributed by atoms with Crippen LogP contribution in [0, 0.1) is 0 Å². The van der Waals surface area contributed by atoms with Crippen LogP contribution in [0.15, 0.2) is 60.2 Å². The van der Waals surface area contributed by atoms with Crippen molar-refractivity contribution in [2.75, 3.05) is 30.3 Å². The molecule has 0 fully saturated rings. The maximum absolute atomic E-state index is 12.3. The van der Waals surface area contributed by atoms with E-state index in [0.717, 1.165) is 10.6 Å². The standard InChI is InChI=1S/C21H24ClN3O5S/c1-4-12-30-19-11-10-16(13-20(19)29-5-2)14-23-24-21(26)15-25(31(3,27)28)18-9-7-6-8-17(18)22/h4,6-11,13-14H,1,5,12,15H2,2-3H3,(H,24,26)/b23-14-. The molecule has 0 saturated heterocycles. The van der Waals surface area contributed by atoms with Crippen molar-refractivity contribution in [3.63, 3.8) is 0 Å². The molecule has 0 unspecified atom stereocenters. The van der Waals surface area contributed by atoms with E-state index >= 15 is 0 Å². The van der Waals surface area contributed by atoms with Crippen molar-refractivity contribution >= 4 is 39.4 Å². The Balaban J connectivity index is 2.09. The number of rotatable bonds is 11. The lowest BCUT2D eigenvalue weighted by Gasteiger charge is -2.22. The van der Waals surface area contributed by atoms with E-state index in [1.54, 1.807) is 42.5 Å². The van der Waals surface area contributed by atoms with Gasteiger partial charge in [-0.1, -0.05) is 36.4 Å². The van der Waals surface area contributed by atoms with Crippen LogP contribution in [-0.4, -0.2) is 46.6 Å². The summed E-state index contributed by atoms with van der Waals surface area (Å²) in [6, 6.07) is 11.5. The lowest BCUT2D eigenvalue weighted by Crippen LogP contribution is -2.39. The quantitative estimate of drug-likeness (QED) is 0.312. The van der Waals surface area contributed by atoms with Crippen molar-refractivity contribution in [1.82, 2.24) is 5.43 Å². The average molecular weight is 466 g/mol. The molecule has 1 amide bonds. The monoisotopic (exact) mass is 465 g/mol. The number of amides is 1. The molecule has 0 radical (unpaired) electrons. The molecule has 0 aliphatic heterocycles. The Morgan fingerprint density at radius 1 is 1.23 bits per heavy atom. The van der Waals surface area contributed by atoms with Gasteiger partial charge in [-0.05, 0) is 42.8 Å². The normalized spacial score (nSPS) is 11.2. The summed E-state index contributed by atoms with van der Waals surface area (Å²) >= 11 is 6.08. The highest BCUT2D eigenvalue weighted by atomic mass is 35.5. The van der Waals surface area contributed by atoms with Gasteiger partial charge in [0.25, 0.3) is 5.91 Å². The number of para-hydroxylation sites is 1. The molecule has 0 aliphatic carbocycles. The molecule has 1 N–H and O–H groups in total. The van der Waals surface area contributed by atoms with Crippen LogP contribution in [0.4, 0.5) is 5.69 Å². The SMILES string of the molecule is C=CCOc1ccc(/C=N\NC(=O)CN(c2ccccc2Cl)S(C)(=O)=O)cc1OCC. The number of nitrogens with one attached hydrogen (secondary N) is 1. The Hall–Kier alpha value is -3.04. The number of hydrogen-bond donors (Lipinski definition) is 1. The van der Waals surface area contributed by atoms with Crippen LogP contribution in [0.3, 0.4) is 0 Å². The first-order valence-electron chi connectivity index (χ1n) is 9.31. The maximum Gasteiger partial charge on any atom is 0.260 e. The molecule has 2 rings (SSSR count). The van der Waals surface area contributed by atoms with Gasteiger partial charge in [-0.2, -0.15) is 5.10 Å². The van der Waals surface area contributed by atoms with Crippen molar-refractivity contribution in [3.8, 4) is 11.5 Å². The summed E-state index contributed by atoms with van der Waals surface area (Å²) < 4.78 is 36.3. The summed E-state index contributed by atoms with van der Waals surface area (Å²) in [5.74, 6) is 0.464. The van der Waals surface area contributed by atoms with Gasteiger partial charge in [0.2, 0.25) is 10.0 Å².